The highest BCUT2D eigenvalue weighted by Crippen LogP contribution is 2.31. The molecule has 0 amide bonds. The van der Waals surface area contributed by atoms with Crippen molar-refractivity contribution in [2.75, 3.05) is 0 Å². The van der Waals surface area contributed by atoms with Crippen LogP contribution in [0.3, 0.4) is 0 Å². The van der Waals surface area contributed by atoms with Crippen LogP contribution >= 0.6 is 0 Å². The molecule has 0 saturated carbocycles. The van der Waals surface area contributed by atoms with Gasteiger partial charge in [-0.1, -0.05) is 42.5 Å². The highest BCUT2D eigenvalue weighted by molar-refractivity contribution is 6.01. The fraction of sp³-hybridized carbons (Fsp3) is 0.158. The number of hydrogen-bond donors (Lipinski definition) is 1. The van der Waals surface area contributed by atoms with E-state index in [-0.39, 0.29) is 17.1 Å². The van der Waals surface area contributed by atoms with Gasteiger partial charge in [-0.3, -0.25) is 9.59 Å². The van der Waals surface area contributed by atoms with Gasteiger partial charge in [-0.05, 0) is 30.0 Å². The van der Waals surface area contributed by atoms with Crippen LogP contribution in [-0.2, 0) is 6.42 Å². The number of hydrogen-bond acceptors (Lipinski definition) is 2. The Morgan fingerprint density at radius 1 is 0.864 bits per heavy atom. The SMILES string of the molecule is O=C1C[C@@H](c2ccccc2)Cc2[nH]c3ccccc3c(=O)c21. The lowest BCUT2D eigenvalue weighted by Crippen LogP contribution is -2.27. The molecule has 3 nitrogen and oxygen atoms in total. The summed E-state index contributed by atoms with van der Waals surface area (Å²) in [7, 11) is 0. The molecule has 1 atom stereocenters. The standard InChI is InChI=1S/C19H15NO2/c21-17-11-13(12-6-2-1-3-7-12)10-16-18(17)19(22)14-8-4-5-9-15(14)20-16/h1-9,13H,10-11H2,(H,20,22)/t13-/m0/s1. The van der Waals surface area contributed by atoms with E-state index in [1.54, 1.807) is 6.07 Å². The second kappa shape index (κ2) is 4.95. The van der Waals surface area contributed by atoms with Crippen molar-refractivity contribution in [3.8, 4) is 0 Å². The molecular weight excluding hydrogens is 274 g/mol. The number of nitrogens with one attached hydrogen (secondary N) is 1. The molecule has 3 aromatic rings. The summed E-state index contributed by atoms with van der Waals surface area (Å²) in [4.78, 5) is 28.4. The van der Waals surface area contributed by atoms with Crippen molar-refractivity contribution >= 4 is 16.7 Å². The Morgan fingerprint density at radius 3 is 2.41 bits per heavy atom. The van der Waals surface area contributed by atoms with Crippen LogP contribution in [0, 0.1) is 0 Å². The number of carbonyl (C=O) groups excluding carboxylic acids is 1. The molecule has 0 radical (unpaired) electrons. The van der Waals surface area contributed by atoms with Crippen molar-refractivity contribution < 1.29 is 4.79 Å². The molecule has 4 rings (SSSR count). The third-order valence-corrected chi connectivity index (χ3v) is 4.42. The summed E-state index contributed by atoms with van der Waals surface area (Å²) in [5, 5.41) is 0.591. The van der Waals surface area contributed by atoms with Crippen LogP contribution in [0.5, 0.6) is 0 Å². The summed E-state index contributed by atoms with van der Waals surface area (Å²) >= 11 is 0. The Kier molecular flexibility index (Phi) is 2.93. The van der Waals surface area contributed by atoms with Gasteiger partial charge in [0.25, 0.3) is 0 Å². The largest absolute Gasteiger partial charge is 0.358 e. The maximum atomic E-state index is 12.6. The first-order valence-corrected chi connectivity index (χ1v) is 7.46. The number of aromatic nitrogens is 1. The van der Waals surface area contributed by atoms with E-state index in [9.17, 15) is 9.59 Å². The third kappa shape index (κ3) is 1.98. The number of pyridine rings is 1. The first-order chi connectivity index (χ1) is 10.7. The second-order valence-corrected chi connectivity index (χ2v) is 5.79. The van der Waals surface area contributed by atoms with Gasteiger partial charge in [-0.25, -0.2) is 0 Å². The van der Waals surface area contributed by atoms with Crippen LogP contribution < -0.4 is 5.43 Å². The average molecular weight is 289 g/mol. The monoisotopic (exact) mass is 289 g/mol. The molecule has 0 saturated heterocycles. The molecule has 0 unspecified atom stereocenters. The van der Waals surface area contributed by atoms with Gasteiger partial charge in [0, 0.05) is 23.0 Å². The van der Waals surface area contributed by atoms with Crippen LogP contribution in [0.25, 0.3) is 10.9 Å². The van der Waals surface area contributed by atoms with Crippen molar-refractivity contribution in [2.45, 2.75) is 18.8 Å². The van der Waals surface area contributed by atoms with Crippen LogP contribution in [0.1, 0.15) is 34.0 Å². The van der Waals surface area contributed by atoms with Gasteiger partial charge in [0.2, 0.25) is 0 Å². The van der Waals surface area contributed by atoms with Gasteiger partial charge in [-0.15, -0.1) is 0 Å². The van der Waals surface area contributed by atoms with Gasteiger partial charge in [0.1, 0.15) is 0 Å². The minimum atomic E-state index is -0.138. The fourth-order valence-electron chi connectivity index (χ4n) is 3.34. The number of ketones is 1. The number of fused-ring (bicyclic) bond motifs is 2. The smallest absolute Gasteiger partial charge is 0.200 e. The van der Waals surface area contributed by atoms with Gasteiger partial charge >= 0.3 is 0 Å². The summed E-state index contributed by atoms with van der Waals surface area (Å²) in [6.07, 6.45) is 1.10. The molecule has 1 aliphatic rings. The van der Waals surface area contributed by atoms with Crippen molar-refractivity contribution in [1.82, 2.24) is 4.98 Å². The van der Waals surface area contributed by atoms with E-state index in [1.807, 2.05) is 48.5 Å². The van der Waals surface area contributed by atoms with E-state index in [4.69, 9.17) is 0 Å². The minimum absolute atomic E-state index is 0.0536. The van der Waals surface area contributed by atoms with Crippen LogP contribution in [0.15, 0.2) is 59.4 Å². The second-order valence-electron chi connectivity index (χ2n) is 5.79. The highest BCUT2D eigenvalue weighted by Gasteiger charge is 2.29. The van der Waals surface area contributed by atoms with Gasteiger partial charge < -0.3 is 4.98 Å². The van der Waals surface area contributed by atoms with Crippen molar-refractivity contribution in [2.24, 2.45) is 0 Å². The Balaban J connectivity index is 1.88. The van der Waals surface area contributed by atoms with E-state index in [2.05, 4.69) is 4.98 Å². The Hall–Kier alpha value is -2.68. The number of carbonyl (C=O) groups is 1. The summed E-state index contributed by atoms with van der Waals surface area (Å²) in [6, 6.07) is 17.4. The lowest BCUT2D eigenvalue weighted by molar-refractivity contribution is 0.0962. The summed E-state index contributed by atoms with van der Waals surface area (Å²) in [6.45, 7) is 0. The van der Waals surface area contributed by atoms with Crippen molar-refractivity contribution in [1.29, 1.82) is 0 Å². The molecule has 1 aliphatic carbocycles. The van der Waals surface area contributed by atoms with Crippen LogP contribution in [-0.4, -0.2) is 10.8 Å². The maximum absolute atomic E-state index is 12.6. The van der Waals surface area contributed by atoms with Crippen molar-refractivity contribution in [3.05, 3.63) is 81.6 Å². The molecule has 0 spiro atoms. The summed E-state index contributed by atoms with van der Waals surface area (Å²) in [5.74, 6) is 0.0834. The lowest BCUT2D eigenvalue weighted by Gasteiger charge is -2.23. The lowest BCUT2D eigenvalue weighted by atomic mass is 9.81. The first-order valence-electron chi connectivity index (χ1n) is 7.46. The molecule has 1 N–H and O–H groups in total. The molecule has 1 heterocycles. The van der Waals surface area contributed by atoms with Crippen molar-refractivity contribution in [3.63, 3.8) is 0 Å². The molecule has 22 heavy (non-hydrogen) atoms. The maximum Gasteiger partial charge on any atom is 0.200 e. The fourth-order valence-corrected chi connectivity index (χ4v) is 3.34. The van der Waals surface area contributed by atoms with E-state index in [1.165, 1.54) is 0 Å². The minimum Gasteiger partial charge on any atom is -0.358 e. The molecular formula is C19H15NO2. The summed E-state index contributed by atoms with van der Waals surface area (Å²) in [5.41, 5.74) is 2.93. The van der Waals surface area contributed by atoms with Gasteiger partial charge in [0.15, 0.2) is 11.2 Å². The topological polar surface area (TPSA) is 49.9 Å². The number of aromatic amines is 1. The zero-order valence-electron chi connectivity index (χ0n) is 12.0. The molecule has 1 aromatic heterocycles. The van der Waals surface area contributed by atoms with E-state index < -0.39 is 0 Å². The van der Waals surface area contributed by atoms with Crippen LogP contribution in [0.2, 0.25) is 0 Å². The molecule has 108 valence electrons. The number of para-hydroxylation sites is 1. The summed E-state index contributed by atoms with van der Waals surface area (Å²) < 4.78 is 0. The molecule has 0 bridgehead atoms. The number of Topliss-reactive ketones (excluding diaryl/α,β-unsaturated/α-hetero) is 1. The normalized spacial score (nSPS) is 17.5. The average Bonchev–Trinajstić information content (AvgIpc) is 2.55. The van der Waals surface area contributed by atoms with E-state index in [0.29, 0.717) is 23.8 Å². The molecule has 2 aromatic carbocycles. The zero-order chi connectivity index (χ0) is 15.1. The van der Waals surface area contributed by atoms with Gasteiger partial charge in [0.05, 0.1) is 5.56 Å². The Labute approximate surface area is 127 Å². The molecule has 0 aliphatic heterocycles. The Bertz CT molecular complexity index is 925. The van der Waals surface area contributed by atoms with Crippen LogP contribution in [0.4, 0.5) is 0 Å². The quantitative estimate of drug-likeness (QED) is 0.746. The Morgan fingerprint density at radius 2 is 1.59 bits per heavy atom. The predicted octanol–water partition coefficient (Wildman–Crippen LogP) is 3.44. The number of rotatable bonds is 1. The highest BCUT2D eigenvalue weighted by atomic mass is 16.1. The van der Waals surface area contributed by atoms with E-state index >= 15 is 0 Å². The first kappa shape index (κ1) is 13.0. The zero-order valence-corrected chi connectivity index (χ0v) is 12.0. The molecule has 3 heteroatoms. The number of H-pyrrole nitrogens is 1. The van der Waals surface area contributed by atoms with Gasteiger partial charge in [-0.2, -0.15) is 0 Å². The third-order valence-electron chi connectivity index (χ3n) is 4.42. The molecule has 0 fully saturated rings. The predicted molar refractivity (Wildman–Crippen MR) is 86.4 cm³/mol. The van der Waals surface area contributed by atoms with E-state index in [0.717, 1.165) is 16.8 Å². The number of benzene rings is 2.